The number of aliphatic hydroxyl groups excluding tert-OH is 2. The molecule has 4 heteroatoms. The lowest BCUT2D eigenvalue weighted by molar-refractivity contribution is 0.103. The fourth-order valence-electron chi connectivity index (χ4n) is 4.19. The van der Waals surface area contributed by atoms with Crippen LogP contribution in [0.15, 0.2) is 34.8 Å². The smallest absolute Gasteiger partial charge is 0.198 e. The van der Waals surface area contributed by atoms with Crippen molar-refractivity contribution in [1.29, 1.82) is 0 Å². The van der Waals surface area contributed by atoms with Crippen LogP contribution in [0.3, 0.4) is 0 Å². The first-order valence-corrected chi connectivity index (χ1v) is 10.8. The Morgan fingerprint density at radius 1 is 0.871 bits per heavy atom. The maximum absolute atomic E-state index is 13.7. The number of Topliss-reactive ketones (excluding diaryl/α,β-unsaturated/α-hetero) is 1. The van der Waals surface area contributed by atoms with Crippen molar-refractivity contribution >= 4 is 17.8 Å². The average molecular weight is 422 g/mol. The summed E-state index contributed by atoms with van der Waals surface area (Å²) in [7, 11) is 0. The molecule has 1 atom stereocenters. The highest BCUT2D eigenvalue weighted by atomic mass is 16.3. The van der Waals surface area contributed by atoms with E-state index in [-0.39, 0.29) is 35.7 Å². The Hall–Kier alpha value is -2.72. The second-order valence-corrected chi connectivity index (χ2v) is 8.91. The van der Waals surface area contributed by atoms with Gasteiger partial charge in [-0.25, -0.2) is 0 Å². The van der Waals surface area contributed by atoms with Crippen molar-refractivity contribution in [3.8, 4) is 0 Å². The number of allylic oxidation sites excluding steroid dienone is 1. The van der Waals surface area contributed by atoms with Crippen LogP contribution in [-0.4, -0.2) is 34.9 Å². The molecular formula is C27H35NO3. The van der Waals surface area contributed by atoms with Gasteiger partial charge in [-0.1, -0.05) is 49.2 Å². The minimum atomic E-state index is -0.351. The predicted octanol–water partition coefficient (Wildman–Crippen LogP) is 5.78. The van der Waals surface area contributed by atoms with Gasteiger partial charge in [0, 0.05) is 17.3 Å². The summed E-state index contributed by atoms with van der Waals surface area (Å²) < 4.78 is 0. The first-order chi connectivity index (χ1) is 14.5. The fourth-order valence-corrected chi connectivity index (χ4v) is 4.19. The number of rotatable bonds is 7. The standard InChI is InChI=1S/C27H35NO3/c1-15(2)23(14-29)28-13-22(26(30)24-18(5)9-16(3)10-19(24)6)27(31)25-20(7)11-17(4)12-21(25)8/h9-13,15,23,29-30H,14H2,1-8H3/b26-22+,28-13+/t23-/m1/s1. The lowest BCUT2D eigenvalue weighted by Crippen LogP contribution is -2.19. The minimum Gasteiger partial charge on any atom is -0.506 e. The third-order valence-corrected chi connectivity index (χ3v) is 5.67. The van der Waals surface area contributed by atoms with Crippen molar-refractivity contribution in [3.63, 3.8) is 0 Å². The Kier molecular flexibility index (Phi) is 7.96. The molecule has 0 unspecified atom stereocenters. The van der Waals surface area contributed by atoms with Crippen LogP contribution in [0.4, 0.5) is 0 Å². The van der Waals surface area contributed by atoms with Gasteiger partial charge in [-0.05, 0) is 69.7 Å². The zero-order valence-corrected chi connectivity index (χ0v) is 20.0. The number of aliphatic imine (C=N–C) groups is 1. The molecule has 0 bridgehead atoms. The van der Waals surface area contributed by atoms with Gasteiger partial charge in [0.15, 0.2) is 5.78 Å². The summed E-state index contributed by atoms with van der Waals surface area (Å²) in [4.78, 5) is 18.2. The summed E-state index contributed by atoms with van der Waals surface area (Å²) in [5.41, 5.74) is 7.06. The molecule has 0 saturated carbocycles. The molecule has 0 aliphatic heterocycles. The molecule has 2 rings (SSSR count). The van der Waals surface area contributed by atoms with Gasteiger partial charge in [0.05, 0.1) is 18.2 Å². The number of benzene rings is 2. The van der Waals surface area contributed by atoms with Crippen molar-refractivity contribution < 1.29 is 15.0 Å². The van der Waals surface area contributed by atoms with Gasteiger partial charge >= 0.3 is 0 Å². The van der Waals surface area contributed by atoms with Gasteiger partial charge in [-0.2, -0.15) is 0 Å². The van der Waals surface area contributed by atoms with Crippen LogP contribution in [0, 0.1) is 47.5 Å². The normalized spacial score (nSPS) is 13.6. The van der Waals surface area contributed by atoms with Gasteiger partial charge in [-0.15, -0.1) is 0 Å². The molecule has 0 aliphatic rings. The van der Waals surface area contributed by atoms with Crippen LogP contribution in [0.2, 0.25) is 0 Å². The van der Waals surface area contributed by atoms with Gasteiger partial charge in [-0.3, -0.25) is 9.79 Å². The third kappa shape index (κ3) is 5.50. The highest BCUT2D eigenvalue weighted by Crippen LogP contribution is 2.28. The Morgan fingerprint density at radius 3 is 1.68 bits per heavy atom. The number of carbonyl (C=O) groups is 1. The molecule has 2 aromatic carbocycles. The summed E-state index contributed by atoms with van der Waals surface area (Å²) in [5.74, 6) is -0.245. The highest BCUT2D eigenvalue weighted by Gasteiger charge is 2.23. The third-order valence-electron chi connectivity index (χ3n) is 5.67. The van der Waals surface area contributed by atoms with E-state index in [1.807, 2.05) is 79.7 Å². The van der Waals surface area contributed by atoms with Crippen molar-refractivity contribution in [2.45, 2.75) is 61.4 Å². The Bertz CT molecular complexity index is 998. The number of aliphatic hydroxyl groups is 2. The van der Waals surface area contributed by atoms with Crippen LogP contribution >= 0.6 is 0 Å². The molecule has 166 valence electrons. The van der Waals surface area contributed by atoms with Gasteiger partial charge in [0.1, 0.15) is 5.76 Å². The van der Waals surface area contributed by atoms with Crippen molar-refractivity contribution in [2.24, 2.45) is 10.9 Å². The van der Waals surface area contributed by atoms with E-state index >= 15 is 0 Å². The lowest BCUT2D eigenvalue weighted by atomic mass is 9.90. The maximum atomic E-state index is 13.7. The summed E-state index contributed by atoms with van der Waals surface area (Å²) in [6, 6.07) is 7.57. The maximum Gasteiger partial charge on any atom is 0.198 e. The molecule has 0 fully saturated rings. The summed E-state index contributed by atoms with van der Waals surface area (Å²) in [6.07, 6.45) is 1.44. The summed E-state index contributed by atoms with van der Waals surface area (Å²) in [6.45, 7) is 15.5. The molecule has 31 heavy (non-hydrogen) atoms. The molecular weight excluding hydrogens is 386 g/mol. The number of ketones is 1. The number of hydrogen-bond donors (Lipinski definition) is 2. The summed E-state index contributed by atoms with van der Waals surface area (Å²) in [5, 5.41) is 21.0. The van der Waals surface area contributed by atoms with E-state index in [2.05, 4.69) is 4.99 Å². The molecule has 0 heterocycles. The highest BCUT2D eigenvalue weighted by molar-refractivity contribution is 6.26. The minimum absolute atomic E-state index is 0.0800. The van der Waals surface area contributed by atoms with Crippen molar-refractivity contribution in [1.82, 2.24) is 0 Å². The molecule has 2 N–H and O–H groups in total. The van der Waals surface area contributed by atoms with E-state index in [4.69, 9.17) is 0 Å². The molecule has 0 aliphatic carbocycles. The molecule has 0 spiro atoms. The van der Waals surface area contributed by atoms with Crippen LogP contribution in [0.5, 0.6) is 0 Å². The molecule has 2 aromatic rings. The van der Waals surface area contributed by atoms with Crippen molar-refractivity contribution in [3.05, 3.63) is 74.3 Å². The van der Waals surface area contributed by atoms with Crippen LogP contribution < -0.4 is 0 Å². The van der Waals surface area contributed by atoms with E-state index in [1.54, 1.807) is 0 Å². The zero-order valence-electron chi connectivity index (χ0n) is 20.0. The number of aryl methyl sites for hydroxylation is 6. The van der Waals surface area contributed by atoms with Crippen LogP contribution in [0.1, 0.15) is 63.1 Å². The second-order valence-electron chi connectivity index (χ2n) is 8.91. The van der Waals surface area contributed by atoms with Gasteiger partial charge < -0.3 is 10.2 Å². The zero-order chi connectivity index (χ0) is 23.5. The average Bonchev–Trinajstić information content (AvgIpc) is 2.63. The van der Waals surface area contributed by atoms with E-state index in [9.17, 15) is 15.0 Å². The number of nitrogens with zero attached hydrogens (tertiary/aromatic N) is 1. The Balaban J connectivity index is 2.77. The lowest BCUT2D eigenvalue weighted by Gasteiger charge is -2.17. The molecule has 0 saturated heterocycles. The van der Waals surface area contributed by atoms with Gasteiger partial charge in [0.25, 0.3) is 0 Å². The van der Waals surface area contributed by atoms with E-state index in [0.717, 1.165) is 33.4 Å². The summed E-state index contributed by atoms with van der Waals surface area (Å²) >= 11 is 0. The predicted molar refractivity (Wildman–Crippen MR) is 129 cm³/mol. The second kappa shape index (κ2) is 10.1. The number of carbonyl (C=O) groups excluding carboxylic acids is 1. The van der Waals surface area contributed by atoms with Crippen molar-refractivity contribution in [2.75, 3.05) is 6.61 Å². The Morgan fingerprint density at radius 2 is 1.29 bits per heavy atom. The van der Waals surface area contributed by atoms with Gasteiger partial charge in [0.2, 0.25) is 0 Å². The molecule has 0 aromatic heterocycles. The monoisotopic (exact) mass is 421 g/mol. The first kappa shape index (κ1) is 24.5. The Labute approximate surface area is 186 Å². The van der Waals surface area contributed by atoms with Crippen LogP contribution in [0.25, 0.3) is 5.76 Å². The van der Waals surface area contributed by atoms with E-state index < -0.39 is 0 Å². The number of hydrogen-bond acceptors (Lipinski definition) is 4. The first-order valence-electron chi connectivity index (χ1n) is 10.8. The molecule has 0 amide bonds. The van der Waals surface area contributed by atoms with E-state index in [1.165, 1.54) is 6.21 Å². The quantitative estimate of drug-likeness (QED) is 0.258. The molecule has 4 nitrogen and oxygen atoms in total. The largest absolute Gasteiger partial charge is 0.506 e. The topological polar surface area (TPSA) is 69.9 Å². The SMILES string of the molecule is Cc1cc(C)c(C(=O)C(/C=N/[C@H](CO)C(C)C)=C(/O)c2c(C)cc(C)cc2C)c(C)c1. The molecule has 0 radical (unpaired) electrons. The fraction of sp³-hybridized carbons (Fsp3) is 0.407. The van der Waals surface area contributed by atoms with Crippen LogP contribution in [-0.2, 0) is 0 Å². The van der Waals surface area contributed by atoms with E-state index in [0.29, 0.717) is 11.1 Å².